The molecule has 0 N–H and O–H groups in total. The molecule has 2 aromatic rings. The van der Waals surface area contributed by atoms with Crippen molar-refractivity contribution in [2.24, 2.45) is 10.2 Å². The number of rotatable bonds is 16. The van der Waals surface area contributed by atoms with Crippen LogP contribution in [-0.4, -0.2) is 42.2 Å². The van der Waals surface area contributed by atoms with Crippen LogP contribution in [0.25, 0.3) is 0 Å². The number of quaternary nitrogens is 1. The molecule has 180 valence electrons. The number of hydrogen-bond donors (Lipinski definition) is 0. The lowest BCUT2D eigenvalue weighted by Gasteiger charge is -2.35. The maximum Gasteiger partial charge on any atom is 0.269 e. The van der Waals surface area contributed by atoms with Gasteiger partial charge in [0.15, 0.2) is 0 Å². The molecule has 0 saturated carbocycles. The van der Waals surface area contributed by atoms with Gasteiger partial charge in [0, 0.05) is 12.1 Å². The smallest absolute Gasteiger partial charge is 0.269 e. The Morgan fingerprint density at radius 3 is 1.76 bits per heavy atom. The second-order valence-corrected chi connectivity index (χ2v) is 8.45. The summed E-state index contributed by atoms with van der Waals surface area (Å²) in [6.45, 7) is 12.7. The summed E-state index contributed by atoms with van der Waals surface area (Å²) in [5.74, 6) is 0.831. The number of nitro benzene ring substituents is 1. The molecule has 0 atom stereocenters. The predicted octanol–water partition coefficient (Wildman–Crippen LogP) is 7.61. The van der Waals surface area contributed by atoms with Crippen LogP contribution in [0.3, 0.4) is 0 Å². The van der Waals surface area contributed by atoms with E-state index in [2.05, 4.69) is 31.0 Å². The van der Waals surface area contributed by atoms with E-state index in [1.165, 1.54) is 74.9 Å². The molecule has 0 saturated heterocycles. The Balaban J connectivity index is 1.59. The van der Waals surface area contributed by atoms with Crippen molar-refractivity contribution in [3.8, 4) is 5.75 Å². The molecular formula is C26H39N4O3+. The third-order valence-corrected chi connectivity index (χ3v) is 6.49. The first-order valence-electron chi connectivity index (χ1n) is 12.3. The molecule has 7 nitrogen and oxygen atoms in total. The molecule has 0 aliphatic carbocycles. The first-order valence-corrected chi connectivity index (χ1v) is 12.3. The summed E-state index contributed by atoms with van der Waals surface area (Å²) in [5.41, 5.74) is 1.31. The average Bonchev–Trinajstić information content (AvgIpc) is 2.85. The molecule has 0 aliphatic heterocycles. The van der Waals surface area contributed by atoms with Crippen molar-refractivity contribution >= 4 is 17.1 Å². The molecule has 2 aromatic carbocycles. The first-order chi connectivity index (χ1) is 16.0. The number of nitro groups is 1. The van der Waals surface area contributed by atoms with Gasteiger partial charge in [0.1, 0.15) is 5.75 Å². The highest BCUT2D eigenvalue weighted by Gasteiger charge is 2.19. The van der Waals surface area contributed by atoms with Crippen LogP contribution in [-0.2, 0) is 0 Å². The highest BCUT2D eigenvalue weighted by molar-refractivity contribution is 5.45. The zero-order valence-corrected chi connectivity index (χ0v) is 20.4. The van der Waals surface area contributed by atoms with Crippen LogP contribution in [0.2, 0.25) is 0 Å². The van der Waals surface area contributed by atoms with Crippen molar-refractivity contribution in [3.63, 3.8) is 0 Å². The maximum absolute atomic E-state index is 10.7. The van der Waals surface area contributed by atoms with Crippen LogP contribution in [0.15, 0.2) is 58.8 Å². The van der Waals surface area contributed by atoms with E-state index in [1.807, 2.05) is 24.3 Å². The van der Waals surface area contributed by atoms with Crippen molar-refractivity contribution in [3.05, 3.63) is 58.6 Å². The fourth-order valence-electron chi connectivity index (χ4n) is 3.96. The molecule has 0 aliphatic rings. The SMILES string of the molecule is CC[N+](CC)(CC)CCCCCCCCOc1ccc(N=Nc2ccc([N+](=O)[O-])cc2)cc1. The minimum atomic E-state index is -0.434. The largest absolute Gasteiger partial charge is 0.494 e. The minimum absolute atomic E-state index is 0.0387. The summed E-state index contributed by atoms with van der Waals surface area (Å²) in [6.07, 6.45) is 7.52. The van der Waals surface area contributed by atoms with E-state index >= 15 is 0 Å². The summed E-state index contributed by atoms with van der Waals surface area (Å²) in [4.78, 5) is 10.3. The Morgan fingerprint density at radius 2 is 1.24 bits per heavy atom. The third-order valence-electron chi connectivity index (χ3n) is 6.49. The Bertz CT molecular complexity index is 839. The second-order valence-electron chi connectivity index (χ2n) is 8.45. The van der Waals surface area contributed by atoms with Gasteiger partial charge in [-0.15, -0.1) is 0 Å². The van der Waals surface area contributed by atoms with Gasteiger partial charge in [-0.3, -0.25) is 10.1 Å². The third kappa shape index (κ3) is 9.30. The molecule has 33 heavy (non-hydrogen) atoms. The molecular weight excluding hydrogens is 416 g/mol. The van der Waals surface area contributed by atoms with Crippen LogP contribution in [0.5, 0.6) is 5.75 Å². The molecule has 0 spiro atoms. The van der Waals surface area contributed by atoms with Crippen LogP contribution in [0.4, 0.5) is 17.1 Å². The number of unbranched alkanes of at least 4 members (excludes halogenated alkanes) is 5. The Morgan fingerprint density at radius 1 is 0.758 bits per heavy atom. The fraction of sp³-hybridized carbons (Fsp3) is 0.538. The van der Waals surface area contributed by atoms with E-state index in [0.29, 0.717) is 11.4 Å². The van der Waals surface area contributed by atoms with Gasteiger partial charge in [0.2, 0.25) is 0 Å². The number of nitrogens with zero attached hydrogens (tertiary/aromatic N) is 4. The number of azo groups is 1. The van der Waals surface area contributed by atoms with E-state index in [0.717, 1.165) is 18.8 Å². The van der Waals surface area contributed by atoms with Gasteiger partial charge in [-0.1, -0.05) is 19.3 Å². The lowest BCUT2D eigenvalue weighted by Crippen LogP contribution is -2.48. The summed E-state index contributed by atoms with van der Waals surface area (Å²) >= 11 is 0. The van der Waals surface area contributed by atoms with Crippen molar-refractivity contribution in [1.82, 2.24) is 0 Å². The fourth-order valence-corrected chi connectivity index (χ4v) is 3.96. The number of non-ortho nitro benzene ring substituents is 1. The monoisotopic (exact) mass is 455 g/mol. The molecule has 0 aromatic heterocycles. The number of benzene rings is 2. The lowest BCUT2D eigenvalue weighted by molar-refractivity contribution is -0.923. The van der Waals surface area contributed by atoms with Crippen molar-refractivity contribution in [2.45, 2.75) is 59.3 Å². The topological polar surface area (TPSA) is 77.1 Å². The minimum Gasteiger partial charge on any atom is -0.494 e. The van der Waals surface area contributed by atoms with E-state index in [1.54, 1.807) is 12.1 Å². The maximum atomic E-state index is 10.7. The molecule has 0 fully saturated rings. The van der Waals surface area contributed by atoms with Gasteiger partial charge in [-0.25, -0.2) is 0 Å². The Labute approximate surface area is 198 Å². The van der Waals surface area contributed by atoms with Crippen molar-refractivity contribution in [1.29, 1.82) is 0 Å². The average molecular weight is 456 g/mol. The van der Waals surface area contributed by atoms with E-state index < -0.39 is 4.92 Å². The van der Waals surface area contributed by atoms with E-state index in [4.69, 9.17) is 4.74 Å². The molecule has 2 rings (SSSR count). The highest BCUT2D eigenvalue weighted by atomic mass is 16.6. The Hall–Kier alpha value is -2.80. The van der Waals surface area contributed by atoms with E-state index in [-0.39, 0.29) is 5.69 Å². The van der Waals surface area contributed by atoms with Gasteiger partial charge in [0.05, 0.1) is 49.1 Å². The molecule has 0 radical (unpaired) electrons. The Kier molecular flexibility index (Phi) is 11.5. The van der Waals surface area contributed by atoms with Crippen LogP contribution < -0.4 is 4.74 Å². The number of ether oxygens (including phenoxy) is 1. The molecule has 0 heterocycles. The summed E-state index contributed by atoms with van der Waals surface area (Å²) in [7, 11) is 0. The summed E-state index contributed by atoms with van der Waals surface area (Å²) in [6, 6.07) is 13.5. The number of hydrogen-bond acceptors (Lipinski definition) is 5. The summed E-state index contributed by atoms with van der Waals surface area (Å²) in [5, 5.41) is 19.0. The van der Waals surface area contributed by atoms with Gasteiger partial charge in [-0.05, 0) is 76.4 Å². The molecule has 0 unspecified atom stereocenters. The van der Waals surface area contributed by atoms with Gasteiger partial charge in [0.25, 0.3) is 5.69 Å². The summed E-state index contributed by atoms with van der Waals surface area (Å²) < 4.78 is 7.09. The van der Waals surface area contributed by atoms with Gasteiger partial charge >= 0.3 is 0 Å². The highest BCUT2D eigenvalue weighted by Crippen LogP contribution is 2.23. The lowest BCUT2D eigenvalue weighted by atomic mass is 10.1. The van der Waals surface area contributed by atoms with Crippen LogP contribution >= 0.6 is 0 Å². The molecule has 7 heteroatoms. The standard InChI is InChI=1S/C26H39N4O3/c1-4-30(5-2,6-3)21-11-9-7-8-10-12-22-33-26-19-15-24(16-20-26)28-27-23-13-17-25(18-14-23)29(31)32/h13-20H,4-12,21-22H2,1-3H3/q+1. The zero-order chi connectivity index (χ0) is 23.9. The molecule has 0 amide bonds. The normalized spacial score (nSPS) is 11.7. The quantitative estimate of drug-likeness (QED) is 0.0859. The van der Waals surface area contributed by atoms with Crippen molar-refractivity contribution in [2.75, 3.05) is 32.8 Å². The zero-order valence-electron chi connectivity index (χ0n) is 20.4. The van der Waals surface area contributed by atoms with Crippen LogP contribution in [0.1, 0.15) is 59.3 Å². The second kappa shape index (κ2) is 14.4. The van der Waals surface area contributed by atoms with Crippen molar-refractivity contribution < 1.29 is 14.1 Å². The van der Waals surface area contributed by atoms with Gasteiger partial charge < -0.3 is 9.22 Å². The first kappa shape index (κ1) is 26.5. The van der Waals surface area contributed by atoms with E-state index in [9.17, 15) is 10.1 Å². The predicted molar refractivity (Wildman–Crippen MR) is 134 cm³/mol. The molecule has 0 bridgehead atoms. The van der Waals surface area contributed by atoms with Crippen LogP contribution in [0, 0.1) is 10.1 Å². The van der Waals surface area contributed by atoms with Gasteiger partial charge in [-0.2, -0.15) is 10.2 Å².